The Hall–Kier alpha value is -1.78. The maximum atomic E-state index is 11.5. The second-order valence-corrected chi connectivity index (χ2v) is 4.58. The van der Waals surface area contributed by atoms with Crippen LogP contribution in [0.4, 0.5) is 11.5 Å². The Balaban J connectivity index is 2.25. The number of esters is 1. The van der Waals surface area contributed by atoms with Crippen LogP contribution in [0.15, 0.2) is 12.1 Å². The lowest BCUT2D eigenvalue weighted by atomic mass is 10.2. The fourth-order valence-corrected chi connectivity index (χ4v) is 1.91. The third-order valence-corrected chi connectivity index (χ3v) is 3.16. The summed E-state index contributed by atoms with van der Waals surface area (Å²) in [5, 5.41) is 0. The lowest BCUT2D eigenvalue weighted by Gasteiger charge is -2.23. The summed E-state index contributed by atoms with van der Waals surface area (Å²) >= 11 is 0. The van der Waals surface area contributed by atoms with Crippen LogP contribution in [0, 0.1) is 5.92 Å². The van der Waals surface area contributed by atoms with Crippen LogP contribution >= 0.6 is 0 Å². The standard InChI is InChI=1S/C13H19N3O2/c1-3-16(8-9-4-5-9)12-10(14)6-7-11(15-12)13(17)18-2/h6-7,9H,3-5,8,14H2,1-2H3. The molecule has 1 aliphatic carbocycles. The molecule has 0 spiro atoms. The molecule has 5 heteroatoms. The van der Waals surface area contributed by atoms with Crippen molar-refractivity contribution in [2.45, 2.75) is 19.8 Å². The third-order valence-electron chi connectivity index (χ3n) is 3.16. The largest absolute Gasteiger partial charge is 0.464 e. The summed E-state index contributed by atoms with van der Waals surface area (Å²) in [7, 11) is 1.35. The molecule has 1 saturated carbocycles. The number of pyridine rings is 1. The quantitative estimate of drug-likeness (QED) is 0.804. The van der Waals surface area contributed by atoms with Crippen molar-refractivity contribution < 1.29 is 9.53 Å². The number of carbonyl (C=O) groups excluding carboxylic acids is 1. The van der Waals surface area contributed by atoms with Crippen molar-refractivity contribution in [1.29, 1.82) is 0 Å². The molecule has 18 heavy (non-hydrogen) atoms. The first kappa shape index (κ1) is 12.7. The predicted octanol–water partition coefficient (Wildman–Crippen LogP) is 1.69. The van der Waals surface area contributed by atoms with E-state index in [-0.39, 0.29) is 0 Å². The maximum absolute atomic E-state index is 11.5. The molecule has 0 bridgehead atoms. The van der Waals surface area contributed by atoms with Crippen LogP contribution in [0.3, 0.4) is 0 Å². The number of nitrogen functional groups attached to an aromatic ring is 1. The first-order valence-corrected chi connectivity index (χ1v) is 6.25. The first-order valence-electron chi connectivity index (χ1n) is 6.25. The van der Waals surface area contributed by atoms with Crippen LogP contribution in [0.2, 0.25) is 0 Å². The average Bonchev–Trinajstić information content (AvgIpc) is 3.20. The monoisotopic (exact) mass is 249 g/mol. The Kier molecular flexibility index (Phi) is 3.69. The molecule has 1 aromatic heterocycles. The van der Waals surface area contributed by atoms with E-state index >= 15 is 0 Å². The highest BCUT2D eigenvalue weighted by Crippen LogP contribution is 2.32. The van der Waals surface area contributed by atoms with Gasteiger partial charge in [0.2, 0.25) is 0 Å². The van der Waals surface area contributed by atoms with E-state index < -0.39 is 5.97 Å². The highest BCUT2D eigenvalue weighted by atomic mass is 16.5. The van der Waals surface area contributed by atoms with Crippen molar-refractivity contribution >= 4 is 17.5 Å². The molecule has 0 atom stereocenters. The van der Waals surface area contributed by atoms with Crippen LogP contribution in [0.5, 0.6) is 0 Å². The van der Waals surface area contributed by atoms with E-state index in [9.17, 15) is 4.79 Å². The maximum Gasteiger partial charge on any atom is 0.356 e. The molecule has 2 N–H and O–H groups in total. The molecule has 0 aliphatic heterocycles. The molecule has 1 aliphatic rings. The molecule has 2 rings (SSSR count). The van der Waals surface area contributed by atoms with Gasteiger partial charge in [-0.15, -0.1) is 0 Å². The third kappa shape index (κ3) is 2.72. The molecule has 98 valence electrons. The summed E-state index contributed by atoms with van der Waals surface area (Å²) in [6.07, 6.45) is 2.54. The van der Waals surface area contributed by atoms with E-state index in [2.05, 4.69) is 21.5 Å². The molecule has 1 fully saturated rings. The van der Waals surface area contributed by atoms with Gasteiger partial charge in [0.25, 0.3) is 0 Å². The van der Waals surface area contributed by atoms with Crippen LogP contribution in [-0.2, 0) is 4.74 Å². The average molecular weight is 249 g/mol. The molecule has 0 unspecified atom stereocenters. The van der Waals surface area contributed by atoms with Gasteiger partial charge in [-0.1, -0.05) is 0 Å². The smallest absolute Gasteiger partial charge is 0.356 e. The highest BCUT2D eigenvalue weighted by molar-refractivity contribution is 5.88. The zero-order valence-electron chi connectivity index (χ0n) is 10.8. The predicted molar refractivity (Wildman–Crippen MR) is 70.6 cm³/mol. The molecule has 0 saturated heterocycles. The van der Waals surface area contributed by atoms with Crippen molar-refractivity contribution in [3.63, 3.8) is 0 Å². The Morgan fingerprint density at radius 2 is 2.28 bits per heavy atom. The van der Waals surface area contributed by atoms with Gasteiger partial charge in [-0.2, -0.15) is 0 Å². The number of hydrogen-bond donors (Lipinski definition) is 1. The lowest BCUT2D eigenvalue weighted by Crippen LogP contribution is -2.27. The second-order valence-electron chi connectivity index (χ2n) is 4.58. The Bertz CT molecular complexity index is 444. The minimum Gasteiger partial charge on any atom is -0.464 e. The number of rotatable bonds is 5. The van der Waals surface area contributed by atoms with Crippen molar-refractivity contribution in [3.8, 4) is 0 Å². The number of ether oxygens (including phenoxy) is 1. The van der Waals surface area contributed by atoms with Crippen molar-refractivity contribution in [2.24, 2.45) is 5.92 Å². The Morgan fingerprint density at radius 1 is 1.56 bits per heavy atom. The molecular weight excluding hydrogens is 230 g/mol. The van der Waals surface area contributed by atoms with Crippen molar-refractivity contribution in [3.05, 3.63) is 17.8 Å². The van der Waals surface area contributed by atoms with Gasteiger partial charge in [0.15, 0.2) is 11.5 Å². The van der Waals surface area contributed by atoms with Gasteiger partial charge in [-0.05, 0) is 37.8 Å². The number of methoxy groups -OCH3 is 1. The summed E-state index contributed by atoms with van der Waals surface area (Å²) < 4.78 is 4.68. The lowest BCUT2D eigenvalue weighted by molar-refractivity contribution is 0.0594. The Labute approximate surface area is 107 Å². The second kappa shape index (κ2) is 5.25. The molecule has 1 heterocycles. The van der Waals surface area contributed by atoms with E-state index in [1.807, 2.05) is 0 Å². The molecular formula is C13H19N3O2. The molecule has 5 nitrogen and oxygen atoms in total. The van der Waals surface area contributed by atoms with E-state index in [1.54, 1.807) is 12.1 Å². The molecule has 0 amide bonds. The van der Waals surface area contributed by atoms with E-state index in [4.69, 9.17) is 5.73 Å². The normalized spacial score (nSPS) is 14.3. The minimum atomic E-state index is -0.432. The van der Waals surface area contributed by atoms with Gasteiger partial charge < -0.3 is 15.4 Å². The summed E-state index contributed by atoms with van der Waals surface area (Å²) in [4.78, 5) is 17.9. The van der Waals surface area contributed by atoms with Crippen LogP contribution < -0.4 is 10.6 Å². The number of hydrogen-bond acceptors (Lipinski definition) is 5. The number of nitrogens with zero attached hydrogens (tertiary/aromatic N) is 2. The number of aromatic nitrogens is 1. The molecule has 0 aromatic carbocycles. The van der Waals surface area contributed by atoms with Crippen molar-refractivity contribution in [2.75, 3.05) is 30.8 Å². The Morgan fingerprint density at radius 3 is 2.83 bits per heavy atom. The van der Waals surface area contributed by atoms with Crippen LogP contribution in [0.25, 0.3) is 0 Å². The van der Waals surface area contributed by atoms with Crippen molar-refractivity contribution in [1.82, 2.24) is 4.98 Å². The number of carbonyl (C=O) groups is 1. The van der Waals surface area contributed by atoms with Gasteiger partial charge in [0.05, 0.1) is 12.8 Å². The van der Waals surface area contributed by atoms with E-state index in [0.717, 1.165) is 19.0 Å². The van der Waals surface area contributed by atoms with Gasteiger partial charge in [-0.3, -0.25) is 0 Å². The first-order chi connectivity index (χ1) is 8.65. The zero-order valence-corrected chi connectivity index (χ0v) is 10.8. The summed E-state index contributed by atoms with van der Waals surface area (Å²) in [6, 6.07) is 3.31. The number of nitrogens with two attached hydrogens (primary N) is 1. The topological polar surface area (TPSA) is 68.5 Å². The fourth-order valence-electron chi connectivity index (χ4n) is 1.91. The van der Waals surface area contributed by atoms with Crippen LogP contribution in [0.1, 0.15) is 30.3 Å². The summed E-state index contributed by atoms with van der Waals surface area (Å²) in [5.41, 5.74) is 6.85. The van der Waals surface area contributed by atoms with Gasteiger partial charge in [0.1, 0.15) is 0 Å². The van der Waals surface area contributed by atoms with E-state index in [1.165, 1.54) is 20.0 Å². The summed E-state index contributed by atoms with van der Waals surface area (Å²) in [5.74, 6) is 0.999. The summed E-state index contributed by atoms with van der Waals surface area (Å²) in [6.45, 7) is 3.85. The van der Waals surface area contributed by atoms with Gasteiger partial charge in [-0.25, -0.2) is 9.78 Å². The SMILES string of the molecule is CCN(CC1CC1)c1nc(C(=O)OC)ccc1N. The minimum absolute atomic E-state index is 0.302. The fraction of sp³-hybridized carbons (Fsp3) is 0.538. The highest BCUT2D eigenvalue weighted by Gasteiger charge is 2.25. The van der Waals surface area contributed by atoms with Crippen LogP contribution in [-0.4, -0.2) is 31.2 Å². The van der Waals surface area contributed by atoms with Gasteiger partial charge >= 0.3 is 5.97 Å². The zero-order chi connectivity index (χ0) is 13.1. The van der Waals surface area contributed by atoms with E-state index in [0.29, 0.717) is 17.2 Å². The molecule has 1 aromatic rings. The molecule has 0 radical (unpaired) electrons. The van der Waals surface area contributed by atoms with Gasteiger partial charge in [0, 0.05) is 13.1 Å². The number of anilines is 2.